The van der Waals surface area contributed by atoms with Gasteiger partial charge in [0.05, 0.1) is 5.60 Å². The molecule has 100 valence electrons. The Morgan fingerprint density at radius 1 is 1.61 bits per heavy atom. The van der Waals surface area contributed by atoms with Gasteiger partial charge in [0, 0.05) is 18.0 Å². The molecule has 0 aliphatic carbocycles. The van der Waals surface area contributed by atoms with Gasteiger partial charge in [-0.25, -0.2) is 9.97 Å². The number of halogens is 1. The molecule has 1 atom stereocenters. The molecule has 1 amide bonds. The molecular weight excluding hydrogens is 274 g/mol. The van der Waals surface area contributed by atoms with E-state index in [1.54, 1.807) is 19.9 Å². The first-order valence-corrected chi connectivity index (χ1v) is 7.12. The summed E-state index contributed by atoms with van der Waals surface area (Å²) in [5.41, 5.74) is -0.121. The highest BCUT2D eigenvalue weighted by Gasteiger charge is 2.21. The first kappa shape index (κ1) is 15.2. The van der Waals surface area contributed by atoms with Crippen LogP contribution in [0.5, 0.6) is 0 Å². The fraction of sp³-hybridized carbons (Fsp3) is 0.545. The molecule has 0 radical (unpaired) electrons. The zero-order chi connectivity index (χ0) is 13.8. The molecule has 18 heavy (non-hydrogen) atoms. The quantitative estimate of drug-likeness (QED) is 0.799. The number of aliphatic hydroxyl groups is 1. The molecule has 5 nitrogen and oxygen atoms in total. The minimum atomic E-state index is -0.944. The Morgan fingerprint density at radius 2 is 2.28 bits per heavy atom. The molecule has 1 unspecified atom stereocenters. The maximum absolute atomic E-state index is 11.8. The third-order valence-corrected chi connectivity index (χ3v) is 3.22. The second-order valence-electron chi connectivity index (χ2n) is 4.28. The van der Waals surface area contributed by atoms with Crippen molar-refractivity contribution in [3.8, 4) is 0 Å². The molecule has 1 heterocycles. The molecule has 0 aromatic carbocycles. The number of amides is 1. The summed E-state index contributed by atoms with van der Waals surface area (Å²) in [5.74, 6) is 0.167. The molecule has 0 bridgehead atoms. The van der Waals surface area contributed by atoms with Gasteiger partial charge in [-0.1, -0.05) is 0 Å². The fourth-order valence-corrected chi connectivity index (χ4v) is 2.32. The second kappa shape index (κ2) is 6.36. The van der Waals surface area contributed by atoms with Crippen LogP contribution in [0.15, 0.2) is 6.07 Å². The van der Waals surface area contributed by atoms with Gasteiger partial charge in [-0.2, -0.15) is 11.8 Å². The van der Waals surface area contributed by atoms with Gasteiger partial charge in [-0.15, -0.1) is 0 Å². The maximum atomic E-state index is 11.8. The van der Waals surface area contributed by atoms with Crippen LogP contribution in [0.4, 0.5) is 0 Å². The number of aromatic nitrogens is 2. The Morgan fingerprint density at radius 3 is 2.83 bits per heavy atom. The van der Waals surface area contributed by atoms with E-state index in [9.17, 15) is 9.90 Å². The van der Waals surface area contributed by atoms with E-state index in [2.05, 4.69) is 15.3 Å². The highest BCUT2D eigenvalue weighted by atomic mass is 35.5. The lowest BCUT2D eigenvalue weighted by Crippen LogP contribution is -2.42. The molecular formula is C11H16ClN3O2S. The smallest absolute Gasteiger partial charge is 0.270 e. The van der Waals surface area contributed by atoms with E-state index in [1.165, 1.54) is 11.8 Å². The molecule has 1 rings (SSSR count). The summed E-state index contributed by atoms with van der Waals surface area (Å²) in [5, 5.41) is 12.6. The molecule has 0 aliphatic heterocycles. The number of thioether (sulfide) groups is 1. The molecule has 0 aliphatic rings. The number of nitrogens with one attached hydrogen (secondary N) is 1. The molecule has 0 fully saturated rings. The van der Waals surface area contributed by atoms with E-state index in [0.29, 0.717) is 11.4 Å². The fourth-order valence-electron chi connectivity index (χ4n) is 1.37. The van der Waals surface area contributed by atoms with Gasteiger partial charge in [0.15, 0.2) is 0 Å². The Kier molecular flexibility index (Phi) is 5.37. The number of hydrogen-bond donors (Lipinski definition) is 2. The summed E-state index contributed by atoms with van der Waals surface area (Å²) in [4.78, 5) is 19.5. The van der Waals surface area contributed by atoms with E-state index < -0.39 is 5.60 Å². The van der Waals surface area contributed by atoms with Crippen LogP contribution in [0, 0.1) is 6.92 Å². The van der Waals surface area contributed by atoms with Crippen molar-refractivity contribution in [2.75, 3.05) is 18.6 Å². The van der Waals surface area contributed by atoms with Crippen LogP contribution in [0.1, 0.15) is 23.1 Å². The molecule has 1 aromatic heterocycles. The van der Waals surface area contributed by atoms with Crippen LogP contribution in [0.25, 0.3) is 0 Å². The Bertz CT molecular complexity index is 420. The van der Waals surface area contributed by atoms with Gasteiger partial charge < -0.3 is 10.4 Å². The van der Waals surface area contributed by atoms with Crippen molar-refractivity contribution < 1.29 is 9.90 Å². The summed E-state index contributed by atoms with van der Waals surface area (Å²) in [6.45, 7) is 3.56. The van der Waals surface area contributed by atoms with Gasteiger partial charge in [0.1, 0.15) is 5.69 Å². The SMILES string of the molecule is CSCC(C)(O)CNC(=O)c1cc(C)nc(Cl)n1. The third kappa shape index (κ3) is 4.80. The number of rotatable bonds is 5. The van der Waals surface area contributed by atoms with Gasteiger partial charge in [-0.3, -0.25) is 4.79 Å². The zero-order valence-electron chi connectivity index (χ0n) is 10.5. The van der Waals surface area contributed by atoms with Gasteiger partial charge in [-0.05, 0) is 37.8 Å². The lowest BCUT2D eigenvalue weighted by Gasteiger charge is -2.22. The minimum Gasteiger partial charge on any atom is -0.387 e. The first-order chi connectivity index (χ1) is 8.34. The van der Waals surface area contributed by atoms with E-state index in [1.807, 2.05) is 6.26 Å². The maximum Gasteiger partial charge on any atom is 0.270 e. The molecule has 0 saturated carbocycles. The lowest BCUT2D eigenvalue weighted by atomic mass is 10.1. The normalized spacial score (nSPS) is 14.1. The van der Waals surface area contributed by atoms with Crippen molar-refractivity contribution in [3.05, 3.63) is 22.7 Å². The predicted molar refractivity (Wildman–Crippen MR) is 73.1 cm³/mol. The highest BCUT2D eigenvalue weighted by molar-refractivity contribution is 7.98. The van der Waals surface area contributed by atoms with Crippen molar-refractivity contribution >= 4 is 29.3 Å². The Balaban J connectivity index is 2.66. The monoisotopic (exact) mass is 289 g/mol. The van der Waals surface area contributed by atoms with Crippen LogP contribution >= 0.6 is 23.4 Å². The van der Waals surface area contributed by atoms with Gasteiger partial charge >= 0.3 is 0 Å². The summed E-state index contributed by atoms with van der Waals surface area (Å²) >= 11 is 7.19. The number of aryl methyl sites for hydroxylation is 1. The summed E-state index contributed by atoms with van der Waals surface area (Å²) in [7, 11) is 0. The molecule has 0 spiro atoms. The standard InChI is InChI=1S/C11H16ClN3O2S/c1-7-4-8(15-10(12)14-7)9(16)13-5-11(2,17)6-18-3/h4,17H,5-6H2,1-3H3,(H,13,16). The van der Waals surface area contributed by atoms with Crippen LogP contribution in [-0.2, 0) is 0 Å². The van der Waals surface area contributed by atoms with E-state index in [4.69, 9.17) is 11.6 Å². The number of carbonyl (C=O) groups is 1. The molecule has 2 N–H and O–H groups in total. The van der Waals surface area contributed by atoms with Crippen molar-refractivity contribution in [2.45, 2.75) is 19.4 Å². The summed E-state index contributed by atoms with van der Waals surface area (Å²) in [6, 6.07) is 1.55. The van der Waals surface area contributed by atoms with Crippen LogP contribution in [0.3, 0.4) is 0 Å². The largest absolute Gasteiger partial charge is 0.387 e. The minimum absolute atomic E-state index is 0.0380. The van der Waals surface area contributed by atoms with Crippen molar-refractivity contribution in [3.63, 3.8) is 0 Å². The van der Waals surface area contributed by atoms with Crippen LogP contribution in [-0.4, -0.2) is 45.1 Å². The Labute approximate surface area is 115 Å². The van der Waals surface area contributed by atoms with Crippen molar-refractivity contribution in [1.82, 2.24) is 15.3 Å². The average molecular weight is 290 g/mol. The predicted octanol–water partition coefficient (Wildman–Crippen LogP) is 1.28. The van der Waals surface area contributed by atoms with E-state index in [-0.39, 0.29) is 23.4 Å². The topological polar surface area (TPSA) is 75.1 Å². The zero-order valence-corrected chi connectivity index (χ0v) is 12.1. The highest BCUT2D eigenvalue weighted by Crippen LogP contribution is 2.10. The lowest BCUT2D eigenvalue weighted by molar-refractivity contribution is 0.0722. The van der Waals surface area contributed by atoms with Gasteiger partial charge in [0.25, 0.3) is 5.91 Å². The number of nitrogens with zero attached hydrogens (tertiary/aromatic N) is 2. The molecule has 1 aromatic rings. The second-order valence-corrected chi connectivity index (χ2v) is 5.48. The number of carbonyl (C=O) groups excluding carboxylic acids is 1. The molecule has 7 heteroatoms. The van der Waals surface area contributed by atoms with Crippen molar-refractivity contribution in [2.24, 2.45) is 0 Å². The first-order valence-electron chi connectivity index (χ1n) is 5.35. The summed E-state index contributed by atoms with van der Waals surface area (Å²) in [6.07, 6.45) is 1.89. The van der Waals surface area contributed by atoms with E-state index >= 15 is 0 Å². The van der Waals surface area contributed by atoms with Crippen LogP contribution in [0.2, 0.25) is 5.28 Å². The average Bonchev–Trinajstić information content (AvgIpc) is 2.24. The van der Waals surface area contributed by atoms with E-state index in [0.717, 1.165) is 0 Å². The van der Waals surface area contributed by atoms with Crippen LogP contribution < -0.4 is 5.32 Å². The summed E-state index contributed by atoms with van der Waals surface area (Å²) < 4.78 is 0. The third-order valence-electron chi connectivity index (χ3n) is 2.14. The Hall–Kier alpha value is -0.850. The van der Waals surface area contributed by atoms with Gasteiger partial charge in [0.2, 0.25) is 5.28 Å². The van der Waals surface area contributed by atoms with Crippen molar-refractivity contribution in [1.29, 1.82) is 0 Å². The molecule has 0 saturated heterocycles. The number of hydrogen-bond acceptors (Lipinski definition) is 5.